The van der Waals surface area contributed by atoms with E-state index in [9.17, 15) is 13.2 Å². The molecule has 6 heteroatoms. The number of nitrogens with one attached hydrogen (secondary N) is 1. The number of fused-ring (bicyclic) bond motifs is 1. The number of hydrogen-bond donors (Lipinski definition) is 1. The van der Waals surface area contributed by atoms with Crippen molar-refractivity contribution in [2.75, 3.05) is 11.4 Å². The van der Waals surface area contributed by atoms with Crippen molar-refractivity contribution >= 4 is 21.6 Å². The lowest BCUT2D eigenvalue weighted by Crippen LogP contribution is -2.31. The van der Waals surface area contributed by atoms with E-state index in [1.807, 2.05) is 25.1 Å². The first-order valence-corrected chi connectivity index (χ1v) is 11.0. The van der Waals surface area contributed by atoms with Crippen LogP contribution in [0.4, 0.5) is 5.69 Å². The fourth-order valence-corrected chi connectivity index (χ4v) is 5.47. The predicted molar refractivity (Wildman–Crippen MR) is 105 cm³/mol. The van der Waals surface area contributed by atoms with Crippen LogP contribution in [-0.4, -0.2) is 20.9 Å². The number of sulfonamides is 1. The molecule has 1 amide bonds. The molecule has 5 nitrogen and oxygen atoms in total. The second-order valence-electron chi connectivity index (χ2n) is 7.36. The molecule has 0 unspecified atom stereocenters. The van der Waals surface area contributed by atoms with Crippen LogP contribution < -0.4 is 9.62 Å². The highest BCUT2D eigenvalue weighted by molar-refractivity contribution is 7.89. The maximum absolute atomic E-state index is 13.0. The van der Waals surface area contributed by atoms with Crippen LogP contribution in [0.15, 0.2) is 47.4 Å². The van der Waals surface area contributed by atoms with E-state index in [1.54, 1.807) is 23.1 Å². The van der Waals surface area contributed by atoms with Crippen LogP contribution in [0.25, 0.3) is 0 Å². The van der Waals surface area contributed by atoms with Gasteiger partial charge < -0.3 is 4.90 Å². The number of hydrogen-bond acceptors (Lipinski definition) is 3. The average Bonchev–Trinajstić information content (AvgIpc) is 3.07. The fraction of sp³-hybridized carbons (Fsp3) is 0.381. The number of aryl methyl sites for hydroxylation is 2. The topological polar surface area (TPSA) is 66.5 Å². The highest BCUT2D eigenvalue weighted by Gasteiger charge is 2.27. The SMILES string of the molecule is Cc1cc(S(=O)(=O)N[C@H]2CCCc3ccccc32)ccc1N1CCCC1=O. The molecular formula is C21H24N2O3S. The molecule has 0 saturated carbocycles. The Morgan fingerprint density at radius 3 is 2.63 bits per heavy atom. The van der Waals surface area contributed by atoms with Crippen molar-refractivity contribution < 1.29 is 13.2 Å². The molecule has 1 saturated heterocycles. The molecule has 0 aromatic heterocycles. The molecule has 2 aromatic carbocycles. The van der Waals surface area contributed by atoms with E-state index in [-0.39, 0.29) is 16.8 Å². The lowest BCUT2D eigenvalue weighted by molar-refractivity contribution is -0.117. The summed E-state index contributed by atoms with van der Waals surface area (Å²) in [6.45, 7) is 2.55. The maximum Gasteiger partial charge on any atom is 0.241 e. The Morgan fingerprint density at radius 2 is 1.89 bits per heavy atom. The molecule has 1 aliphatic carbocycles. The molecule has 4 rings (SSSR count). The summed E-state index contributed by atoms with van der Waals surface area (Å²) in [5.74, 6) is 0.102. The Kier molecular flexibility index (Phi) is 4.78. The fourth-order valence-electron chi connectivity index (χ4n) is 4.13. The van der Waals surface area contributed by atoms with Crippen LogP contribution >= 0.6 is 0 Å². The van der Waals surface area contributed by atoms with E-state index >= 15 is 0 Å². The minimum atomic E-state index is -3.63. The standard InChI is InChI=1S/C21H24N2O3S/c1-15-14-17(11-12-20(15)23-13-5-10-21(23)24)27(25,26)22-19-9-4-7-16-6-2-3-8-18(16)19/h2-3,6,8,11-12,14,19,22H,4-5,7,9-10,13H2,1H3/t19-/m0/s1. The Morgan fingerprint density at radius 1 is 1.07 bits per heavy atom. The Hall–Kier alpha value is -2.18. The molecule has 2 aliphatic rings. The molecular weight excluding hydrogens is 360 g/mol. The van der Waals surface area contributed by atoms with Crippen molar-refractivity contribution in [3.8, 4) is 0 Å². The largest absolute Gasteiger partial charge is 0.312 e. The summed E-state index contributed by atoms with van der Waals surface area (Å²) < 4.78 is 28.8. The van der Waals surface area contributed by atoms with Crippen molar-refractivity contribution in [3.05, 3.63) is 59.2 Å². The first-order chi connectivity index (χ1) is 13.0. The van der Waals surface area contributed by atoms with Gasteiger partial charge >= 0.3 is 0 Å². The number of carbonyl (C=O) groups excluding carboxylic acids is 1. The molecule has 1 aliphatic heterocycles. The lowest BCUT2D eigenvalue weighted by atomic mass is 9.88. The third kappa shape index (κ3) is 3.51. The van der Waals surface area contributed by atoms with Gasteiger partial charge in [-0.15, -0.1) is 0 Å². The van der Waals surface area contributed by atoms with Gasteiger partial charge in [-0.05, 0) is 67.5 Å². The highest BCUT2D eigenvalue weighted by Crippen LogP contribution is 2.32. The number of nitrogens with zero attached hydrogens (tertiary/aromatic N) is 1. The van der Waals surface area contributed by atoms with Gasteiger partial charge in [0.05, 0.1) is 4.90 Å². The van der Waals surface area contributed by atoms with E-state index in [0.717, 1.165) is 42.5 Å². The zero-order valence-corrected chi connectivity index (χ0v) is 16.3. The summed E-state index contributed by atoms with van der Waals surface area (Å²) in [6, 6.07) is 12.9. The van der Waals surface area contributed by atoms with Gasteiger partial charge in [-0.2, -0.15) is 0 Å². The molecule has 1 atom stereocenters. The van der Waals surface area contributed by atoms with Crippen molar-refractivity contribution in [2.24, 2.45) is 0 Å². The summed E-state index contributed by atoms with van der Waals surface area (Å²) in [6.07, 6.45) is 4.17. The van der Waals surface area contributed by atoms with Crippen LogP contribution in [0.1, 0.15) is 48.4 Å². The predicted octanol–water partition coefficient (Wildman–Crippen LogP) is 3.48. The minimum Gasteiger partial charge on any atom is -0.312 e. The van der Waals surface area contributed by atoms with Gasteiger partial charge in [0.25, 0.3) is 0 Å². The second-order valence-corrected chi connectivity index (χ2v) is 9.08. The van der Waals surface area contributed by atoms with Gasteiger partial charge in [-0.3, -0.25) is 4.79 Å². The third-order valence-corrected chi connectivity index (χ3v) is 6.98. The van der Waals surface area contributed by atoms with Gasteiger partial charge in [-0.1, -0.05) is 24.3 Å². The quantitative estimate of drug-likeness (QED) is 0.878. The van der Waals surface area contributed by atoms with Crippen LogP contribution in [-0.2, 0) is 21.2 Å². The molecule has 27 heavy (non-hydrogen) atoms. The van der Waals surface area contributed by atoms with Gasteiger partial charge in [0.1, 0.15) is 0 Å². The first kappa shape index (κ1) is 18.2. The van der Waals surface area contributed by atoms with E-state index in [1.165, 1.54) is 5.56 Å². The minimum absolute atomic E-state index is 0.102. The Labute approximate surface area is 160 Å². The first-order valence-electron chi connectivity index (χ1n) is 9.47. The number of anilines is 1. The van der Waals surface area contributed by atoms with Gasteiger partial charge in [0, 0.05) is 24.7 Å². The van der Waals surface area contributed by atoms with Crippen LogP contribution in [0.5, 0.6) is 0 Å². The number of benzene rings is 2. The van der Waals surface area contributed by atoms with Gasteiger partial charge in [0.2, 0.25) is 15.9 Å². The van der Waals surface area contributed by atoms with E-state index in [0.29, 0.717) is 13.0 Å². The van der Waals surface area contributed by atoms with Crippen LogP contribution in [0, 0.1) is 6.92 Å². The summed E-state index contributed by atoms with van der Waals surface area (Å²) in [5.41, 5.74) is 3.90. The summed E-state index contributed by atoms with van der Waals surface area (Å²) in [4.78, 5) is 14.0. The van der Waals surface area contributed by atoms with Gasteiger partial charge in [0.15, 0.2) is 0 Å². The smallest absolute Gasteiger partial charge is 0.241 e. The van der Waals surface area contributed by atoms with Crippen molar-refractivity contribution in [1.82, 2.24) is 4.72 Å². The van der Waals surface area contributed by atoms with Crippen molar-refractivity contribution in [2.45, 2.75) is 50.0 Å². The summed E-state index contributed by atoms with van der Waals surface area (Å²) in [7, 11) is -3.63. The monoisotopic (exact) mass is 384 g/mol. The lowest BCUT2D eigenvalue weighted by Gasteiger charge is -2.26. The molecule has 1 fully saturated rings. The molecule has 1 heterocycles. The summed E-state index contributed by atoms with van der Waals surface area (Å²) in [5, 5.41) is 0. The van der Waals surface area contributed by atoms with Crippen molar-refractivity contribution in [1.29, 1.82) is 0 Å². The zero-order valence-electron chi connectivity index (χ0n) is 15.4. The van der Waals surface area contributed by atoms with E-state index in [4.69, 9.17) is 0 Å². The molecule has 1 N–H and O–H groups in total. The number of rotatable bonds is 4. The molecule has 0 bridgehead atoms. The molecule has 0 spiro atoms. The Balaban J connectivity index is 1.60. The van der Waals surface area contributed by atoms with Crippen molar-refractivity contribution in [3.63, 3.8) is 0 Å². The van der Waals surface area contributed by atoms with Crippen LogP contribution in [0.3, 0.4) is 0 Å². The highest BCUT2D eigenvalue weighted by atomic mass is 32.2. The summed E-state index contributed by atoms with van der Waals surface area (Å²) >= 11 is 0. The zero-order chi connectivity index (χ0) is 19.0. The van der Waals surface area contributed by atoms with Crippen LogP contribution in [0.2, 0.25) is 0 Å². The average molecular weight is 385 g/mol. The number of carbonyl (C=O) groups is 1. The molecule has 142 valence electrons. The van der Waals surface area contributed by atoms with E-state index in [2.05, 4.69) is 10.8 Å². The third-order valence-electron chi connectivity index (χ3n) is 5.51. The number of amides is 1. The Bertz CT molecular complexity index is 985. The molecule has 2 aromatic rings. The maximum atomic E-state index is 13.0. The van der Waals surface area contributed by atoms with Gasteiger partial charge in [-0.25, -0.2) is 13.1 Å². The molecule has 0 radical (unpaired) electrons. The second kappa shape index (κ2) is 7.09. The normalized spacial score (nSPS) is 20.0. The van der Waals surface area contributed by atoms with E-state index < -0.39 is 10.0 Å².